The predicted molar refractivity (Wildman–Crippen MR) is 74.0 cm³/mol. The first-order valence-electron chi connectivity index (χ1n) is 6.03. The lowest BCUT2D eigenvalue weighted by Crippen LogP contribution is -2.14. The summed E-state index contributed by atoms with van der Waals surface area (Å²) < 4.78 is 26.4. The maximum absolute atomic E-state index is 13.2. The normalized spacial score (nSPS) is 13.3. The lowest BCUT2D eigenvalue weighted by atomic mass is 10.1. The second-order valence-corrected chi connectivity index (χ2v) is 5.49. The Morgan fingerprint density at radius 1 is 1.15 bits per heavy atom. The van der Waals surface area contributed by atoms with Gasteiger partial charge in [0.2, 0.25) is 0 Å². The Morgan fingerprint density at radius 3 is 2.60 bits per heavy atom. The summed E-state index contributed by atoms with van der Waals surface area (Å²) in [5.74, 6) is 6.98. The average Bonchev–Trinajstić information content (AvgIpc) is 2.84. The van der Waals surface area contributed by atoms with Crippen molar-refractivity contribution >= 4 is 17.6 Å². The molecule has 2 aromatic rings. The van der Waals surface area contributed by atoms with Gasteiger partial charge in [-0.25, -0.2) is 24.6 Å². The third-order valence-electron chi connectivity index (χ3n) is 3.05. The van der Waals surface area contributed by atoms with Crippen molar-refractivity contribution < 1.29 is 8.78 Å². The number of rotatable bonds is 3. The molecule has 0 unspecified atom stereocenters. The lowest BCUT2D eigenvalue weighted by molar-refractivity contribution is 0.580. The van der Waals surface area contributed by atoms with Crippen molar-refractivity contribution in [3.8, 4) is 0 Å². The van der Waals surface area contributed by atoms with Gasteiger partial charge in [0.1, 0.15) is 23.3 Å². The molecule has 0 fully saturated rings. The number of thioether (sulfide) groups is 1. The van der Waals surface area contributed by atoms with Crippen LogP contribution in [0.15, 0.2) is 18.2 Å². The smallest absolute Gasteiger partial charge is 0.148 e. The van der Waals surface area contributed by atoms with Crippen LogP contribution in [-0.2, 0) is 17.9 Å². The Hall–Kier alpha value is -1.73. The second-order valence-electron chi connectivity index (χ2n) is 4.51. The summed E-state index contributed by atoms with van der Waals surface area (Å²) in [6, 6.07) is 3.41. The van der Waals surface area contributed by atoms with E-state index in [0.717, 1.165) is 28.8 Å². The van der Waals surface area contributed by atoms with Gasteiger partial charge in [-0.1, -0.05) is 0 Å². The maximum Gasteiger partial charge on any atom is 0.148 e. The van der Waals surface area contributed by atoms with Gasteiger partial charge in [0.15, 0.2) is 0 Å². The van der Waals surface area contributed by atoms with Gasteiger partial charge < -0.3 is 5.43 Å². The molecule has 0 spiro atoms. The van der Waals surface area contributed by atoms with Gasteiger partial charge in [-0.2, -0.15) is 11.8 Å². The number of hydrogen-bond donors (Lipinski definition) is 2. The summed E-state index contributed by atoms with van der Waals surface area (Å²) in [7, 11) is 0. The van der Waals surface area contributed by atoms with E-state index in [-0.39, 0.29) is 6.42 Å². The number of fused-ring (bicyclic) bond motifs is 1. The van der Waals surface area contributed by atoms with Crippen LogP contribution in [0.25, 0.3) is 0 Å². The molecule has 20 heavy (non-hydrogen) atoms. The zero-order valence-electron chi connectivity index (χ0n) is 10.5. The predicted octanol–water partition coefficient (Wildman–Crippen LogP) is 2.38. The Morgan fingerprint density at radius 2 is 1.90 bits per heavy atom. The molecule has 1 aliphatic heterocycles. The average molecular weight is 294 g/mol. The highest BCUT2D eigenvalue weighted by molar-refractivity contribution is 7.98. The first kappa shape index (κ1) is 13.3. The summed E-state index contributed by atoms with van der Waals surface area (Å²) in [4.78, 5) is 8.76. The van der Waals surface area contributed by atoms with Crippen molar-refractivity contribution in [2.75, 3.05) is 5.43 Å². The fraction of sp³-hybridized carbons (Fsp3) is 0.231. The molecule has 2 heterocycles. The second kappa shape index (κ2) is 5.34. The SMILES string of the molecule is NNc1nc(Cc2cc(F)cc(F)c2)nc2c1CSC2. The summed E-state index contributed by atoms with van der Waals surface area (Å²) >= 11 is 1.73. The minimum Gasteiger partial charge on any atom is -0.308 e. The van der Waals surface area contributed by atoms with Gasteiger partial charge in [0.05, 0.1) is 5.69 Å². The number of hydrazine groups is 1. The van der Waals surface area contributed by atoms with Crippen LogP contribution in [0.5, 0.6) is 0 Å². The Kier molecular flexibility index (Phi) is 3.54. The molecule has 4 nitrogen and oxygen atoms in total. The van der Waals surface area contributed by atoms with Crippen molar-refractivity contribution in [3.05, 3.63) is 52.5 Å². The third kappa shape index (κ3) is 2.59. The van der Waals surface area contributed by atoms with Gasteiger partial charge in [-0.3, -0.25) is 0 Å². The van der Waals surface area contributed by atoms with E-state index in [1.807, 2.05) is 0 Å². The first-order valence-corrected chi connectivity index (χ1v) is 7.19. The van der Waals surface area contributed by atoms with Gasteiger partial charge in [0.25, 0.3) is 0 Å². The van der Waals surface area contributed by atoms with Crippen LogP contribution in [0.1, 0.15) is 22.6 Å². The number of nitrogens with two attached hydrogens (primary N) is 1. The third-order valence-corrected chi connectivity index (χ3v) is 4.02. The standard InChI is InChI=1S/C13H12F2N4S/c14-8-1-7(2-9(15)4-8)3-12-17-11-6-20-5-10(11)13(18-12)19-16/h1-2,4H,3,5-6,16H2,(H,17,18,19). The highest BCUT2D eigenvalue weighted by atomic mass is 32.2. The Bertz CT molecular complexity index is 643. The van der Waals surface area contributed by atoms with Crippen molar-refractivity contribution in [1.82, 2.24) is 9.97 Å². The molecule has 7 heteroatoms. The topological polar surface area (TPSA) is 63.8 Å². The molecule has 0 saturated heterocycles. The molecular weight excluding hydrogens is 282 g/mol. The van der Waals surface area contributed by atoms with Gasteiger partial charge in [0, 0.05) is 29.6 Å². The van der Waals surface area contributed by atoms with E-state index in [1.165, 1.54) is 12.1 Å². The fourth-order valence-corrected chi connectivity index (χ4v) is 3.24. The van der Waals surface area contributed by atoms with E-state index in [0.29, 0.717) is 17.2 Å². The monoisotopic (exact) mass is 294 g/mol. The number of nitrogens with one attached hydrogen (secondary N) is 1. The maximum atomic E-state index is 13.2. The van der Waals surface area contributed by atoms with Gasteiger partial charge in [-0.15, -0.1) is 0 Å². The molecule has 1 aromatic carbocycles. The number of anilines is 1. The van der Waals surface area contributed by atoms with E-state index >= 15 is 0 Å². The lowest BCUT2D eigenvalue weighted by Gasteiger charge is -2.09. The van der Waals surface area contributed by atoms with E-state index in [1.54, 1.807) is 11.8 Å². The summed E-state index contributed by atoms with van der Waals surface area (Å²) in [6.45, 7) is 0. The minimum absolute atomic E-state index is 0.265. The van der Waals surface area contributed by atoms with Crippen LogP contribution in [0, 0.1) is 11.6 Å². The van der Waals surface area contributed by atoms with E-state index in [9.17, 15) is 8.78 Å². The van der Waals surface area contributed by atoms with Crippen LogP contribution in [-0.4, -0.2) is 9.97 Å². The molecule has 0 amide bonds. The number of benzene rings is 1. The molecular formula is C13H12F2N4S. The molecule has 0 aliphatic carbocycles. The quantitative estimate of drug-likeness (QED) is 0.672. The van der Waals surface area contributed by atoms with Crippen LogP contribution >= 0.6 is 11.8 Å². The van der Waals surface area contributed by atoms with E-state index < -0.39 is 11.6 Å². The van der Waals surface area contributed by atoms with Gasteiger partial charge in [-0.05, 0) is 17.7 Å². The summed E-state index contributed by atoms with van der Waals surface area (Å²) in [5, 5.41) is 0. The van der Waals surface area contributed by atoms with E-state index in [2.05, 4.69) is 15.4 Å². The summed E-state index contributed by atoms with van der Waals surface area (Å²) in [6.07, 6.45) is 0.265. The molecule has 0 radical (unpaired) electrons. The van der Waals surface area contributed by atoms with Crippen LogP contribution < -0.4 is 11.3 Å². The molecule has 1 aromatic heterocycles. The highest BCUT2D eigenvalue weighted by Crippen LogP contribution is 2.32. The zero-order chi connectivity index (χ0) is 14.1. The van der Waals surface area contributed by atoms with Crippen molar-refractivity contribution in [2.24, 2.45) is 5.84 Å². The number of nitrogen functional groups attached to an aromatic ring is 1. The zero-order valence-corrected chi connectivity index (χ0v) is 11.3. The summed E-state index contributed by atoms with van der Waals surface area (Å²) in [5.41, 5.74) is 5.00. The highest BCUT2D eigenvalue weighted by Gasteiger charge is 2.19. The number of nitrogens with zero attached hydrogens (tertiary/aromatic N) is 2. The number of aromatic nitrogens is 2. The number of hydrogen-bond acceptors (Lipinski definition) is 5. The van der Waals surface area contributed by atoms with Crippen LogP contribution in [0.2, 0.25) is 0 Å². The van der Waals surface area contributed by atoms with Gasteiger partial charge >= 0.3 is 0 Å². The Labute approximate surface area is 118 Å². The molecule has 3 N–H and O–H groups in total. The number of halogens is 2. The fourth-order valence-electron chi connectivity index (χ4n) is 2.20. The van der Waals surface area contributed by atoms with Crippen molar-refractivity contribution in [2.45, 2.75) is 17.9 Å². The first-order chi connectivity index (χ1) is 9.65. The molecule has 104 valence electrons. The van der Waals surface area contributed by atoms with Crippen LogP contribution in [0.4, 0.5) is 14.6 Å². The van der Waals surface area contributed by atoms with Crippen LogP contribution in [0.3, 0.4) is 0 Å². The molecule has 0 bridgehead atoms. The molecule has 0 atom stereocenters. The van der Waals surface area contributed by atoms with Crippen molar-refractivity contribution in [1.29, 1.82) is 0 Å². The molecule has 1 aliphatic rings. The van der Waals surface area contributed by atoms with Crippen molar-refractivity contribution in [3.63, 3.8) is 0 Å². The molecule has 0 saturated carbocycles. The minimum atomic E-state index is -0.603. The largest absolute Gasteiger partial charge is 0.308 e. The molecule has 3 rings (SSSR count). The Balaban J connectivity index is 1.95. The van der Waals surface area contributed by atoms with E-state index in [4.69, 9.17) is 5.84 Å².